The number of imide groups is 1. The summed E-state index contributed by atoms with van der Waals surface area (Å²) in [5.41, 5.74) is 0. The Balaban J connectivity index is 1.15. The van der Waals surface area contributed by atoms with Gasteiger partial charge in [0.05, 0.1) is 11.8 Å². The van der Waals surface area contributed by atoms with Crippen LogP contribution in [-0.4, -0.2) is 55.1 Å². The second kappa shape index (κ2) is 9.20. The number of allylic oxidation sites excluding steroid dienone is 2. The third-order valence-electron chi connectivity index (χ3n) is 6.12. The van der Waals surface area contributed by atoms with Crippen molar-refractivity contribution in [2.45, 2.75) is 17.7 Å². The fourth-order valence-corrected chi connectivity index (χ4v) is 5.55. The number of thioether (sulfide) groups is 1. The van der Waals surface area contributed by atoms with E-state index in [-0.39, 0.29) is 41.3 Å². The second-order valence-electron chi connectivity index (χ2n) is 7.89. The van der Waals surface area contributed by atoms with Crippen LogP contribution in [0.25, 0.3) is 0 Å². The second-order valence-corrected chi connectivity index (χ2v) is 9.02. The van der Waals surface area contributed by atoms with Gasteiger partial charge < -0.3 is 10.6 Å². The number of carbonyl (C=O) groups excluding carboxylic acids is 2. The van der Waals surface area contributed by atoms with Crippen LogP contribution in [-0.2, 0) is 9.59 Å². The van der Waals surface area contributed by atoms with Crippen LogP contribution in [0.3, 0.4) is 0 Å². The molecule has 1 aliphatic heterocycles. The minimum Gasteiger partial charge on any atom is -0.356 e. The summed E-state index contributed by atoms with van der Waals surface area (Å²) in [5, 5.41) is 6.40. The van der Waals surface area contributed by atoms with Gasteiger partial charge in [-0.2, -0.15) is 0 Å². The molecular formula is C22H27FN4O2S. The molecule has 4 unspecified atom stereocenters. The molecule has 2 amide bonds. The Kier molecular flexibility index (Phi) is 6.41. The summed E-state index contributed by atoms with van der Waals surface area (Å²) < 4.78 is 13.6. The predicted octanol–water partition coefficient (Wildman–Crippen LogP) is 2.28. The minimum atomic E-state index is -0.205. The van der Waals surface area contributed by atoms with Crippen LogP contribution in [0.2, 0.25) is 0 Å². The topological polar surface area (TPSA) is 73.8 Å². The van der Waals surface area contributed by atoms with Crippen LogP contribution in [0, 0.1) is 29.5 Å². The molecule has 1 saturated carbocycles. The summed E-state index contributed by atoms with van der Waals surface area (Å²) in [6.07, 6.45) is 5.86. The largest absolute Gasteiger partial charge is 0.356 e. The zero-order valence-corrected chi connectivity index (χ0v) is 17.8. The highest BCUT2D eigenvalue weighted by Gasteiger charge is 2.58. The maximum absolute atomic E-state index is 13.6. The minimum absolute atomic E-state index is 0.00882. The van der Waals surface area contributed by atoms with E-state index in [1.165, 1.54) is 22.7 Å². The molecule has 1 aromatic rings. The van der Waals surface area contributed by atoms with Crippen molar-refractivity contribution in [3.63, 3.8) is 0 Å². The zero-order chi connectivity index (χ0) is 21.1. The lowest BCUT2D eigenvalue weighted by Gasteiger charge is -2.18. The molecule has 4 atom stereocenters. The van der Waals surface area contributed by atoms with Crippen molar-refractivity contribution in [2.75, 3.05) is 32.4 Å². The number of guanidine groups is 1. The number of nitrogens with zero attached hydrogens (tertiary/aromatic N) is 2. The highest BCUT2D eigenvalue weighted by Crippen LogP contribution is 2.52. The number of carbonyl (C=O) groups is 2. The van der Waals surface area contributed by atoms with Crippen LogP contribution < -0.4 is 10.6 Å². The predicted molar refractivity (Wildman–Crippen MR) is 116 cm³/mol. The Bertz CT molecular complexity index is 844. The Morgan fingerprint density at radius 3 is 2.47 bits per heavy atom. The smallest absolute Gasteiger partial charge is 0.233 e. The molecule has 30 heavy (non-hydrogen) atoms. The van der Waals surface area contributed by atoms with Crippen LogP contribution >= 0.6 is 11.8 Å². The molecule has 2 fully saturated rings. The molecule has 4 rings (SSSR count). The lowest BCUT2D eigenvalue weighted by molar-refractivity contribution is -0.140. The molecule has 0 aromatic heterocycles. The van der Waals surface area contributed by atoms with Gasteiger partial charge >= 0.3 is 0 Å². The van der Waals surface area contributed by atoms with Gasteiger partial charge in [0, 0.05) is 37.3 Å². The molecule has 2 aliphatic carbocycles. The average Bonchev–Trinajstić information content (AvgIpc) is 3.43. The number of aliphatic imine (C=N–C) groups is 1. The van der Waals surface area contributed by atoms with Crippen LogP contribution in [0.1, 0.15) is 12.8 Å². The van der Waals surface area contributed by atoms with E-state index in [1.807, 2.05) is 6.07 Å². The van der Waals surface area contributed by atoms with Gasteiger partial charge in [-0.25, -0.2) is 4.39 Å². The standard InChI is InChI=1S/C22H27FN4O2S/c1-24-22(26-10-12-30-17-6-3-2-5-16(17)23)25-9-4-11-27-20(28)18-14-7-8-15(13-14)19(18)21(27)29/h2-3,5-8,14-15,18-19H,4,9-13H2,1H3,(H2,24,25,26). The maximum atomic E-state index is 13.6. The first-order chi connectivity index (χ1) is 14.6. The van der Waals surface area contributed by atoms with Gasteiger partial charge in [0.1, 0.15) is 5.82 Å². The number of rotatable bonds is 8. The number of likely N-dealkylation sites (tertiary alicyclic amines) is 1. The number of halogens is 1. The molecule has 0 radical (unpaired) electrons. The van der Waals surface area contributed by atoms with Crippen molar-refractivity contribution < 1.29 is 14.0 Å². The van der Waals surface area contributed by atoms with Crippen molar-refractivity contribution in [1.29, 1.82) is 0 Å². The van der Waals surface area contributed by atoms with Crippen molar-refractivity contribution in [3.8, 4) is 0 Å². The van der Waals surface area contributed by atoms with Crippen LogP contribution in [0.5, 0.6) is 0 Å². The molecule has 160 valence electrons. The number of nitrogens with one attached hydrogen (secondary N) is 2. The molecule has 2 N–H and O–H groups in total. The Morgan fingerprint density at radius 2 is 1.80 bits per heavy atom. The Hall–Kier alpha value is -2.35. The van der Waals surface area contributed by atoms with Crippen molar-refractivity contribution in [3.05, 3.63) is 42.2 Å². The quantitative estimate of drug-likeness (QED) is 0.165. The number of hydrogen-bond acceptors (Lipinski definition) is 4. The Morgan fingerprint density at radius 1 is 1.13 bits per heavy atom. The third-order valence-corrected chi connectivity index (χ3v) is 7.18. The van der Waals surface area contributed by atoms with Crippen LogP contribution in [0.15, 0.2) is 46.3 Å². The van der Waals surface area contributed by atoms with E-state index in [0.717, 1.165) is 6.42 Å². The lowest BCUT2D eigenvalue weighted by Crippen LogP contribution is -2.40. The number of benzene rings is 1. The zero-order valence-electron chi connectivity index (χ0n) is 17.0. The molecule has 8 heteroatoms. The van der Waals surface area contributed by atoms with E-state index in [2.05, 4.69) is 27.8 Å². The molecule has 1 heterocycles. The van der Waals surface area contributed by atoms with Crippen molar-refractivity contribution in [2.24, 2.45) is 28.7 Å². The van der Waals surface area contributed by atoms with Gasteiger partial charge in [-0.05, 0) is 36.8 Å². The molecule has 1 saturated heterocycles. The molecular weight excluding hydrogens is 403 g/mol. The van der Waals surface area contributed by atoms with Gasteiger partial charge in [-0.3, -0.25) is 19.5 Å². The van der Waals surface area contributed by atoms with E-state index in [9.17, 15) is 14.0 Å². The molecule has 2 bridgehead atoms. The molecule has 0 spiro atoms. The fraction of sp³-hybridized carbons (Fsp3) is 0.500. The Labute approximate surface area is 180 Å². The average molecular weight is 431 g/mol. The van der Waals surface area contributed by atoms with E-state index < -0.39 is 0 Å². The number of fused-ring (bicyclic) bond motifs is 5. The van der Waals surface area contributed by atoms with Gasteiger partial charge in [-0.15, -0.1) is 11.8 Å². The highest BCUT2D eigenvalue weighted by molar-refractivity contribution is 7.99. The van der Waals surface area contributed by atoms with E-state index in [4.69, 9.17) is 0 Å². The first-order valence-corrected chi connectivity index (χ1v) is 11.4. The van der Waals surface area contributed by atoms with Gasteiger partial charge in [0.25, 0.3) is 0 Å². The third kappa shape index (κ3) is 4.10. The van der Waals surface area contributed by atoms with Crippen LogP contribution in [0.4, 0.5) is 4.39 Å². The normalized spacial score (nSPS) is 27.1. The van der Waals surface area contributed by atoms with Gasteiger partial charge in [-0.1, -0.05) is 24.3 Å². The molecule has 6 nitrogen and oxygen atoms in total. The lowest BCUT2D eigenvalue weighted by atomic mass is 9.85. The monoisotopic (exact) mass is 430 g/mol. The SMILES string of the molecule is CN=C(NCCCN1C(=O)C2C3C=CC(C3)C2C1=O)NCCSc1ccccc1F. The first-order valence-electron chi connectivity index (χ1n) is 10.5. The maximum Gasteiger partial charge on any atom is 0.233 e. The van der Waals surface area contributed by atoms with Crippen molar-refractivity contribution >= 4 is 29.5 Å². The highest BCUT2D eigenvalue weighted by atomic mass is 32.2. The van der Waals surface area contributed by atoms with E-state index in [1.54, 1.807) is 19.2 Å². The fourth-order valence-electron chi connectivity index (χ4n) is 4.74. The summed E-state index contributed by atoms with van der Waals surface area (Å²) >= 11 is 1.45. The van der Waals surface area contributed by atoms with E-state index in [0.29, 0.717) is 42.7 Å². The summed E-state index contributed by atoms with van der Waals surface area (Å²) in [6.45, 7) is 1.69. The number of hydrogen-bond donors (Lipinski definition) is 2. The first kappa shape index (κ1) is 20.9. The van der Waals surface area contributed by atoms with Gasteiger partial charge in [0.15, 0.2) is 5.96 Å². The number of amides is 2. The summed E-state index contributed by atoms with van der Waals surface area (Å²) in [5.74, 6) is 1.44. The molecule has 1 aromatic carbocycles. The van der Waals surface area contributed by atoms with E-state index >= 15 is 0 Å². The molecule has 3 aliphatic rings. The van der Waals surface area contributed by atoms with Gasteiger partial charge in [0.2, 0.25) is 11.8 Å². The summed E-state index contributed by atoms with van der Waals surface area (Å²) in [7, 11) is 1.69. The summed E-state index contributed by atoms with van der Waals surface area (Å²) in [6, 6.07) is 6.73. The van der Waals surface area contributed by atoms with Crippen molar-refractivity contribution in [1.82, 2.24) is 15.5 Å². The summed E-state index contributed by atoms with van der Waals surface area (Å²) in [4.78, 5) is 31.6.